The van der Waals surface area contributed by atoms with Crippen LogP contribution in [0.5, 0.6) is 0 Å². The minimum atomic E-state index is -1.33. The highest BCUT2D eigenvalue weighted by Gasteiger charge is 2.74. The first kappa shape index (κ1) is 21.5. The number of amides is 3. The number of fused-ring (bicyclic) bond motifs is 7. The number of non-ortho nitro benzene ring substituents is 1. The summed E-state index contributed by atoms with van der Waals surface area (Å²) in [5.41, 5.74) is 0.443. The van der Waals surface area contributed by atoms with Crippen molar-refractivity contribution in [3.63, 3.8) is 0 Å². The quantitative estimate of drug-likeness (QED) is 0.382. The monoisotopic (exact) mass is 500 g/mol. The number of imide groups is 1. The van der Waals surface area contributed by atoms with Gasteiger partial charge in [-0.3, -0.25) is 29.4 Å². The van der Waals surface area contributed by atoms with Crippen LogP contribution in [0, 0.1) is 28.9 Å². The number of benzene rings is 2. The van der Waals surface area contributed by atoms with E-state index in [1.165, 1.54) is 12.1 Å². The molecule has 0 aromatic heterocycles. The fraction of sp³-hybridized carbons (Fsp3) is 0.348. The smallest absolute Gasteiger partial charge is 0.271 e. The van der Waals surface area contributed by atoms with E-state index in [4.69, 9.17) is 23.2 Å². The van der Waals surface area contributed by atoms with Crippen molar-refractivity contribution in [1.82, 2.24) is 4.90 Å². The summed E-state index contributed by atoms with van der Waals surface area (Å²) in [6.07, 6.45) is 1.48. The number of rotatable bonds is 2. The van der Waals surface area contributed by atoms with Crippen molar-refractivity contribution in [3.05, 3.63) is 61.6 Å². The van der Waals surface area contributed by atoms with Crippen LogP contribution in [0.3, 0.4) is 0 Å². The molecule has 34 heavy (non-hydrogen) atoms. The molecule has 2 aromatic rings. The maximum atomic E-state index is 13.9. The number of nitro benzene ring substituents is 1. The van der Waals surface area contributed by atoms with Crippen molar-refractivity contribution >= 4 is 58.0 Å². The zero-order valence-electron chi connectivity index (χ0n) is 17.9. The second kappa shape index (κ2) is 7.00. The molecule has 0 radical (unpaired) electrons. The fourth-order valence-corrected chi connectivity index (χ4v) is 6.84. The van der Waals surface area contributed by atoms with Crippen LogP contribution in [0.1, 0.15) is 24.0 Å². The third-order valence-corrected chi connectivity index (χ3v) is 8.46. The van der Waals surface area contributed by atoms with Gasteiger partial charge in [0.05, 0.1) is 33.2 Å². The molecule has 1 N–H and O–H groups in total. The summed E-state index contributed by atoms with van der Waals surface area (Å²) < 4.78 is 0. The molecule has 0 unspecified atom stereocenters. The SMILES string of the molecule is Cc1c(Cl)ccc2c1NC(=O)[C@@]21[C@H]2C(=O)N(c3ccc([N+](=O)[O-])cc3Cl)C(=O)[C@H]2[C@H]2CCCN21. The summed E-state index contributed by atoms with van der Waals surface area (Å²) >= 11 is 12.6. The Hall–Kier alpha value is -3.01. The molecule has 4 aliphatic heterocycles. The summed E-state index contributed by atoms with van der Waals surface area (Å²) in [7, 11) is 0. The van der Waals surface area contributed by atoms with Crippen LogP contribution < -0.4 is 10.2 Å². The van der Waals surface area contributed by atoms with E-state index in [2.05, 4.69) is 5.32 Å². The van der Waals surface area contributed by atoms with Crippen molar-refractivity contribution in [2.75, 3.05) is 16.8 Å². The number of nitrogens with zero attached hydrogens (tertiary/aromatic N) is 3. The number of hydrogen-bond donors (Lipinski definition) is 1. The summed E-state index contributed by atoms with van der Waals surface area (Å²) in [6, 6.07) is 6.82. The summed E-state index contributed by atoms with van der Waals surface area (Å²) in [5, 5.41) is 14.5. The van der Waals surface area contributed by atoms with Gasteiger partial charge in [0, 0.05) is 28.8 Å². The molecule has 11 heteroatoms. The highest BCUT2D eigenvalue weighted by Crippen LogP contribution is 2.61. The Morgan fingerprint density at radius 1 is 1.12 bits per heavy atom. The molecule has 0 bridgehead atoms. The minimum absolute atomic E-state index is 0.0768. The number of nitrogens with one attached hydrogen (secondary N) is 1. The average Bonchev–Trinajstić information content (AvgIpc) is 3.50. The lowest BCUT2D eigenvalue weighted by molar-refractivity contribution is -0.384. The van der Waals surface area contributed by atoms with Gasteiger partial charge in [0.15, 0.2) is 0 Å². The number of halogens is 2. The predicted octanol–water partition coefficient (Wildman–Crippen LogP) is 3.64. The van der Waals surface area contributed by atoms with E-state index >= 15 is 0 Å². The molecule has 4 aliphatic rings. The van der Waals surface area contributed by atoms with E-state index < -0.39 is 34.1 Å². The first-order valence-corrected chi connectivity index (χ1v) is 11.6. The van der Waals surface area contributed by atoms with Gasteiger partial charge in [-0.25, -0.2) is 4.90 Å². The molecule has 4 atom stereocenters. The van der Waals surface area contributed by atoms with Crippen LogP contribution in [0.25, 0.3) is 0 Å². The number of carbonyl (C=O) groups excluding carboxylic acids is 3. The Balaban J connectivity index is 1.54. The molecular weight excluding hydrogens is 483 g/mol. The molecule has 4 heterocycles. The molecule has 0 aliphatic carbocycles. The Bertz CT molecular complexity index is 1350. The maximum Gasteiger partial charge on any atom is 0.271 e. The van der Waals surface area contributed by atoms with Crippen LogP contribution in [-0.4, -0.2) is 40.1 Å². The predicted molar refractivity (Wildman–Crippen MR) is 124 cm³/mol. The Labute approximate surface area is 203 Å². The van der Waals surface area contributed by atoms with Crippen molar-refractivity contribution in [1.29, 1.82) is 0 Å². The van der Waals surface area contributed by atoms with Gasteiger partial charge >= 0.3 is 0 Å². The number of anilines is 2. The van der Waals surface area contributed by atoms with Gasteiger partial charge in [-0.05, 0) is 44.0 Å². The molecule has 0 saturated carbocycles. The third-order valence-electron chi connectivity index (χ3n) is 7.75. The van der Waals surface area contributed by atoms with Crippen LogP contribution >= 0.6 is 23.2 Å². The second-order valence-corrected chi connectivity index (χ2v) is 9.94. The van der Waals surface area contributed by atoms with E-state index in [1.807, 2.05) is 4.90 Å². The first-order chi connectivity index (χ1) is 16.2. The minimum Gasteiger partial charge on any atom is -0.324 e. The van der Waals surface area contributed by atoms with Gasteiger partial charge in [-0.2, -0.15) is 0 Å². The van der Waals surface area contributed by atoms with Crippen LogP contribution in [0.2, 0.25) is 10.0 Å². The van der Waals surface area contributed by atoms with Crippen molar-refractivity contribution in [3.8, 4) is 0 Å². The van der Waals surface area contributed by atoms with Gasteiger partial charge in [-0.1, -0.05) is 29.3 Å². The number of hydrogen-bond acceptors (Lipinski definition) is 6. The Morgan fingerprint density at radius 2 is 1.88 bits per heavy atom. The van der Waals surface area contributed by atoms with E-state index in [-0.39, 0.29) is 28.3 Å². The molecule has 1 spiro atoms. The molecule has 2 aromatic carbocycles. The van der Waals surface area contributed by atoms with E-state index in [0.29, 0.717) is 34.8 Å². The van der Waals surface area contributed by atoms with Crippen LogP contribution in [0.15, 0.2) is 30.3 Å². The Morgan fingerprint density at radius 3 is 2.59 bits per heavy atom. The third kappa shape index (κ3) is 2.41. The highest BCUT2D eigenvalue weighted by atomic mass is 35.5. The largest absolute Gasteiger partial charge is 0.324 e. The number of nitro groups is 1. The highest BCUT2D eigenvalue weighted by molar-refractivity contribution is 6.37. The average molecular weight is 501 g/mol. The van der Waals surface area contributed by atoms with Gasteiger partial charge in [0.1, 0.15) is 5.54 Å². The molecule has 3 amide bonds. The fourth-order valence-electron chi connectivity index (χ4n) is 6.42. The van der Waals surface area contributed by atoms with E-state index in [0.717, 1.165) is 17.4 Å². The second-order valence-electron chi connectivity index (χ2n) is 9.13. The zero-order chi connectivity index (χ0) is 24.1. The van der Waals surface area contributed by atoms with Crippen LogP contribution in [-0.2, 0) is 19.9 Å². The summed E-state index contributed by atoms with van der Waals surface area (Å²) in [6.45, 7) is 2.39. The lowest BCUT2D eigenvalue weighted by atomic mass is 9.75. The first-order valence-electron chi connectivity index (χ1n) is 10.9. The van der Waals surface area contributed by atoms with E-state index in [9.17, 15) is 24.5 Å². The molecule has 9 nitrogen and oxygen atoms in total. The molecular formula is C23H18Cl2N4O5. The Kier molecular flexibility index (Phi) is 4.43. The summed E-state index contributed by atoms with van der Waals surface area (Å²) in [4.78, 5) is 54.9. The molecule has 3 fully saturated rings. The molecule has 6 rings (SSSR count). The topological polar surface area (TPSA) is 113 Å². The van der Waals surface area contributed by atoms with Gasteiger partial charge in [-0.15, -0.1) is 0 Å². The molecule has 174 valence electrons. The van der Waals surface area contributed by atoms with Crippen molar-refractivity contribution < 1.29 is 19.3 Å². The lowest BCUT2D eigenvalue weighted by Crippen LogP contribution is -2.54. The summed E-state index contributed by atoms with van der Waals surface area (Å²) in [5.74, 6) is -2.99. The molecule has 3 saturated heterocycles. The maximum absolute atomic E-state index is 13.9. The zero-order valence-corrected chi connectivity index (χ0v) is 19.4. The number of carbonyl (C=O) groups is 3. The van der Waals surface area contributed by atoms with Crippen LogP contribution in [0.4, 0.5) is 17.1 Å². The van der Waals surface area contributed by atoms with Crippen molar-refractivity contribution in [2.24, 2.45) is 11.8 Å². The standard InChI is InChI=1S/C23H18Cl2N4O5/c1-10-13(24)6-5-12-19(10)26-22(32)23(12)18-17(16-3-2-8-27(16)23)20(30)28(21(18)31)15-7-4-11(29(33)34)9-14(15)25/h4-7,9,16-18H,2-3,8H2,1H3,(H,26,32)/t16-,17+,18-,23+/m1/s1. The normalized spacial score (nSPS) is 29.6. The van der Waals surface area contributed by atoms with Gasteiger partial charge in [0.25, 0.3) is 5.69 Å². The van der Waals surface area contributed by atoms with Gasteiger partial charge in [0.2, 0.25) is 17.7 Å². The lowest BCUT2D eigenvalue weighted by Gasteiger charge is -2.36. The van der Waals surface area contributed by atoms with Crippen molar-refractivity contribution in [2.45, 2.75) is 31.3 Å². The van der Waals surface area contributed by atoms with Gasteiger partial charge < -0.3 is 5.32 Å². The van der Waals surface area contributed by atoms with E-state index in [1.54, 1.807) is 19.1 Å².